The SMILES string of the molecule is CCSCC(C)NC(=O)N(CC(=O)O)C1CCCC1. The Bertz CT molecular complexity index is 306. The van der Waals surface area contributed by atoms with Crippen molar-refractivity contribution in [2.45, 2.75) is 51.6 Å². The standard InChI is InChI=1S/C13H24N2O3S/c1-3-19-9-10(2)14-13(18)15(8-12(16)17)11-6-4-5-7-11/h10-11H,3-9H2,1-2H3,(H,14,18)(H,16,17). The van der Waals surface area contributed by atoms with Crippen molar-refractivity contribution >= 4 is 23.8 Å². The number of aliphatic carboxylic acids is 1. The number of rotatable bonds is 7. The molecule has 1 rings (SSSR count). The van der Waals surface area contributed by atoms with Gasteiger partial charge in [-0.05, 0) is 25.5 Å². The Morgan fingerprint density at radius 2 is 2.05 bits per heavy atom. The number of amides is 2. The zero-order chi connectivity index (χ0) is 14.3. The fourth-order valence-electron chi connectivity index (χ4n) is 2.36. The summed E-state index contributed by atoms with van der Waals surface area (Å²) in [5.74, 6) is 0.924. The van der Waals surface area contributed by atoms with Crippen molar-refractivity contribution in [1.82, 2.24) is 10.2 Å². The molecule has 1 aliphatic carbocycles. The maximum atomic E-state index is 12.2. The van der Waals surface area contributed by atoms with E-state index < -0.39 is 5.97 Å². The quantitative estimate of drug-likeness (QED) is 0.753. The average Bonchev–Trinajstić information content (AvgIpc) is 2.86. The first kappa shape index (κ1) is 16.1. The van der Waals surface area contributed by atoms with Crippen LogP contribution in [0.5, 0.6) is 0 Å². The van der Waals surface area contributed by atoms with Gasteiger partial charge in [-0.15, -0.1) is 0 Å². The van der Waals surface area contributed by atoms with Crippen LogP contribution in [0.4, 0.5) is 4.79 Å². The molecule has 0 aromatic carbocycles. The van der Waals surface area contributed by atoms with Crippen molar-refractivity contribution in [2.75, 3.05) is 18.1 Å². The minimum absolute atomic E-state index is 0.0650. The Hall–Kier alpha value is -0.910. The van der Waals surface area contributed by atoms with Gasteiger partial charge in [0.25, 0.3) is 0 Å². The lowest BCUT2D eigenvalue weighted by Gasteiger charge is -2.29. The molecule has 0 spiro atoms. The zero-order valence-corrected chi connectivity index (χ0v) is 12.5. The number of carbonyl (C=O) groups excluding carboxylic acids is 1. The molecule has 0 aliphatic heterocycles. The molecule has 1 atom stereocenters. The van der Waals surface area contributed by atoms with Crippen LogP contribution in [-0.4, -0.2) is 52.1 Å². The minimum Gasteiger partial charge on any atom is -0.480 e. The molecule has 0 bridgehead atoms. The van der Waals surface area contributed by atoms with Gasteiger partial charge in [-0.25, -0.2) is 4.79 Å². The van der Waals surface area contributed by atoms with E-state index in [0.717, 1.165) is 37.2 Å². The molecular formula is C13H24N2O3S. The van der Waals surface area contributed by atoms with Crippen LogP contribution in [0.2, 0.25) is 0 Å². The highest BCUT2D eigenvalue weighted by atomic mass is 32.2. The highest BCUT2D eigenvalue weighted by Crippen LogP contribution is 2.23. The van der Waals surface area contributed by atoms with Crippen LogP contribution in [0.1, 0.15) is 39.5 Å². The highest BCUT2D eigenvalue weighted by molar-refractivity contribution is 7.99. The van der Waals surface area contributed by atoms with Gasteiger partial charge in [-0.3, -0.25) is 4.79 Å². The van der Waals surface area contributed by atoms with Crippen molar-refractivity contribution in [3.63, 3.8) is 0 Å². The molecule has 1 unspecified atom stereocenters. The molecule has 5 nitrogen and oxygen atoms in total. The van der Waals surface area contributed by atoms with Crippen molar-refractivity contribution < 1.29 is 14.7 Å². The fraction of sp³-hybridized carbons (Fsp3) is 0.846. The van der Waals surface area contributed by atoms with E-state index in [1.165, 1.54) is 4.90 Å². The van der Waals surface area contributed by atoms with E-state index in [1.807, 2.05) is 6.92 Å². The summed E-state index contributed by atoms with van der Waals surface area (Å²) in [7, 11) is 0. The summed E-state index contributed by atoms with van der Waals surface area (Å²) < 4.78 is 0. The minimum atomic E-state index is -0.947. The number of thioether (sulfide) groups is 1. The predicted molar refractivity (Wildman–Crippen MR) is 77.6 cm³/mol. The average molecular weight is 288 g/mol. The molecular weight excluding hydrogens is 264 g/mol. The first-order valence-electron chi connectivity index (χ1n) is 6.91. The van der Waals surface area contributed by atoms with E-state index in [0.29, 0.717) is 0 Å². The predicted octanol–water partition coefficient (Wildman–Crippen LogP) is 2.17. The molecule has 2 N–H and O–H groups in total. The smallest absolute Gasteiger partial charge is 0.323 e. The Kier molecular flexibility index (Phi) is 7.05. The topological polar surface area (TPSA) is 69.6 Å². The Labute approximate surface area is 119 Å². The Morgan fingerprint density at radius 3 is 2.58 bits per heavy atom. The third-order valence-corrected chi connectivity index (χ3v) is 4.42. The number of nitrogens with one attached hydrogen (secondary N) is 1. The van der Waals surface area contributed by atoms with Crippen LogP contribution in [0.25, 0.3) is 0 Å². The van der Waals surface area contributed by atoms with Gasteiger partial charge in [0.15, 0.2) is 0 Å². The monoisotopic (exact) mass is 288 g/mol. The van der Waals surface area contributed by atoms with Gasteiger partial charge in [-0.1, -0.05) is 19.8 Å². The fourth-order valence-corrected chi connectivity index (χ4v) is 3.03. The summed E-state index contributed by atoms with van der Waals surface area (Å²) in [4.78, 5) is 24.6. The zero-order valence-electron chi connectivity index (χ0n) is 11.7. The lowest BCUT2D eigenvalue weighted by Crippen LogP contribution is -2.50. The van der Waals surface area contributed by atoms with E-state index in [9.17, 15) is 9.59 Å². The number of carbonyl (C=O) groups is 2. The molecule has 0 heterocycles. The number of urea groups is 1. The second kappa shape index (κ2) is 8.30. The molecule has 19 heavy (non-hydrogen) atoms. The van der Waals surface area contributed by atoms with Crippen molar-refractivity contribution in [1.29, 1.82) is 0 Å². The molecule has 2 amide bonds. The Balaban J connectivity index is 2.52. The van der Waals surface area contributed by atoms with Crippen molar-refractivity contribution in [2.24, 2.45) is 0 Å². The van der Waals surface area contributed by atoms with E-state index in [2.05, 4.69) is 12.2 Å². The third kappa shape index (κ3) is 5.72. The second-order valence-corrected chi connectivity index (χ2v) is 6.29. The van der Waals surface area contributed by atoms with E-state index >= 15 is 0 Å². The summed E-state index contributed by atoms with van der Waals surface area (Å²) in [6.07, 6.45) is 3.99. The summed E-state index contributed by atoms with van der Waals surface area (Å²) in [5.41, 5.74) is 0. The van der Waals surface area contributed by atoms with Crippen molar-refractivity contribution in [3.8, 4) is 0 Å². The summed E-state index contributed by atoms with van der Waals surface area (Å²) in [6.45, 7) is 3.83. The van der Waals surface area contributed by atoms with Crippen LogP contribution < -0.4 is 5.32 Å². The number of carboxylic acid groups (broad SMARTS) is 1. The van der Waals surface area contributed by atoms with E-state index in [-0.39, 0.29) is 24.7 Å². The maximum absolute atomic E-state index is 12.2. The molecule has 0 aromatic rings. The molecule has 1 fully saturated rings. The second-order valence-electron chi connectivity index (χ2n) is 4.97. The van der Waals surface area contributed by atoms with E-state index in [4.69, 9.17) is 5.11 Å². The molecule has 6 heteroatoms. The molecule has 1 aliphatic rings. The first-order chi connectivity index (χ1) is 9.04. The molecule has 1 saturated carbocycles. The highest BCUT2D eigenvalue weighted by Gasteiger charge is 2.28. The molecule has 0 aromatic heterocycles. The van der Waals surface area contributed by atoms with Gasteiger partial charge in [-0.2, -0.15) is 11.8 Å². The van der Waals surface area contributed by atoms with Crippen LogP contribution >= 0.6 is 11.8 Å². The largest absolute Gasteiger partial charge is 0.480 e. The van der Waals surface area contributed by atoms with E-state index in [1.54, 1.807) is 11.8 Å². The number of nitrogens with zero attached hydrogens (tertiary/aromatic N) is 1. The first-order valence-corrected chi connectivity index (χ1v) is 8.06. The lowest BCUT2D eigenvalue weighted by molar-refractivity contribution is -0.138. The third-order valence-electron chi connectivity index (χ3n) is 3.27. The van der Waals surface area contributed by atoms with Gasteiger partial charge in [0.1, 0.15) is 6.54 Å². The van der Waals surface area contributed by atoms with Crippen molar-refractivity contribution in [3.05, 3.63) is 0 Å². The summed E-state index contributed by atoms with van der Waals surface area (Å²) >= 11 is 1.77. The molecule has 0 saturated heterocycles. The molecule has 0 radical (unpaired) electrons. The van der Waals surface area contributed by atoms with Gasteiger partial charge < -0.3 is 15.3 Å². The number of hydrogen-bond acceptors (Lipinski definition) is 3. The normalized spacial score (nSPS) is 17.2. The van der Waals surface area contributed by atoms with Crippen LogP contribution in [0, 0.1) is 0 Å². The van der Waals surface area contributed by atoms with Gasteiger partial charge in [0, 0.05) is 17.8 Å². The number of carboxylic acids is 1. The summed E-state index contributed by atoms with van der Waals surface area (Å²) in [6, 6.07) is -0.0872. The van der Waals surface area contributed by atoms with Gasteiger partial charge in [0.2, 0.25) is 0 Å². The van der Waals surface area contributed by atoms with Crippen LogP contribution in [0.15, 0.2) is 0 Å². The van der Waals surface area contributed by atoms with Crippen LogP contribution in [-0.2, 0) is 4.79 Å². The van der Waals surface area contributed by atoms with Gasteiger partial charge >= 0.3 is 12.0 Å². The number of hydrogen-bond donors (Lipinski definition) is 2. The summed E-state index contributed by atoms with van der Waals surface area (Å²) in [5, 5.41) is 11.8. The Morgan fingerprint density at radius 1 is 1.42 bits per heavy atom. The van der Waals surface area contributed by atoms with Gasteiger partial charge in [0.05, 0.1) is 0 Å². The van der Waals surface area contributed by atoms with Crippen LogP contribution in [0.3, 0.4) is 0 Å². The maximum Gasteiger partial charge on any atom is 0.323 e. The lowest BCUT2D eigenvalue weighted by atomic mass is 10.2. The molecule has 110 valence electrons.